The van der Waals surface area contributed by atoms with Crippen molar-refractivity contribution in [2.75, 3.05) is 6.54 Å². The van der Waals surface area contributed by atoms with Gasteiger partial charge in [-0.3, -0.25) is 0 Å². The molecule has 0 unspecified atom stereocenters. The molecule has 94 valence electrons. The third-order valence-electron chi connectivity index (χ3n) is 3.22. The van der Waals surface area contributed by atoms with Crippen LogP contribution < -0.4 is 5.32 Å². The molecule has 0 amide bonds. The molecule has 1 nitrogen and oxygen atoms in total. The van der Waals surface area contributed by atoms with Gasteiger partial charge in [-0.1, -0.05) is 37.1 Å². The Labute approximate surface area is 101 Å². The number of hydrogen-bond donors (Lipinski definition) is 1. The van der Waals surface area contributed by atoms with E-state index in [1.165, 1.54) is 37.8 Å². The fourth-order valence-corrected chi connectivity index (χ4v) is 1.94. The SMILES string of the molecule is FC(F)c1ccc(CNCCCC2CC2)cc1. The molecular weight excluding hydrogens is 220 g/mol. The van der Waals surface area contributed by atoms with Gasteiger partial charge < -0.3 is 5.32 Å². The Morgan fingerprint density at radius 2 is 1.88 bits per heavy atom. The minimum Gasteiger partial charge on any atom is -0.313 e. The maximum Gasteiger partial charge on any atom is 0.263 e. The first-order valence-corrected chi connectivity index (χ1v) is 6.33. The molecule has 1 saturated carbocycles. The molecule has 2 rings (SSSR count). The minimum atomic E-state index is -2.37. The lowest BCUT2D eigenvalue weighted by Crippen LogP contribution is -2.14. The Morgan fingerprint density at radius 3 is 2.47 bits per heavy atom. The first-order chi connectivity index (χ1) is 8.25. The van der Waals surface area contributed by atoms with Crippen molar-refractivity contribution in [2.24, 2.45) is 5.92 Å². The van der Waals surface area contributed by atoms with E-state index in [9.17, 15) is 8.78 Å². The molecule has 0 aliphatic heterocycles. The van der Waals surface area contributed by atoms with E-state index in [-0.39, 0.29) is 5.56 Å². The highest BCUT2D eigenvalue weighted by Crippen LogP contribution is 2.33. The lowest BCUT2D eigenvalue weighted by atomic mass is 10.1. The summed E-state index contributed by atoms with van der Waals surface area (Å²) in [7, 11) is 0. The Balaban J connectivity index is 1.63. The summed E-state index contributed by atoms with van der Waals surface area (Å²) in [6.07, 6.45) is 3.01. The number of nitrogens with one attached hydrogen (secondary N) is 1. The molecule has 1 aliphatic rings. The largest absolute Gasteiger partial charge is 0.313 e. The van der Waals surface area contributed by atoms with E-state index >= 15 is 0 Å². The van der Waals surface area contributed by atoms with Crippen LogP contribution in [0.15, 0.2) is 24.3 Å². The van der Waals surface area contributed by atoms with E-state index < -0.39 is 6.43 Å². The van der Waals surface area contributed by atoms with Crippen LogP contribution in [0, 0.1) is 5.92 Å². The standard InChI is InChI=1S/C14H19F2N/c15-14(16)13-7-5-12(6-8-13)10-17-9-1-2-11-3-4-11/h5-8,11,14,17H,1-4,9-10H2. The zero-order chi connectivity index (χ0) is 12.1. The highest BCUT2D eigenvalue weighted by atomic mass is 19.3. The second-order valence-electron chi connectivity index (χ2n) is 4.80. The number of hydrogen-bond acceptors (Lipinski definition) is 1. The van der Waals surface area contributed by atoms with Gasteiger partial charge in [0, 0.05) is 12.1 Å². The molecule has 1 aliphatic carbocycles. The zero-order valence-electron chi connectivity index (χ0n) is 9.96. The van der Waals surface area contributed by atoms with Crippen molar-refractivity contribution in [2.45, 2.75) is 38.7 Å². The van der Waals surface area contributed by atoms with Crippen LogP contribution >= 0.6 is 0 Å². The molecule has 0 heterocycles. The van der Waals surface area contributed by atoms with Gasteiger partial charge in [-0.05, 0) is 30.9 Å². The number of benzene rings is 1. The van der Waals surface area contributed by atoms with Gasteiger partial charge in [-0.2, -0.15) is 0 Å². The molecular formula is C14H19F2N. The maximum atomic E-state index is 12.3. The summed E-state index contributed by atoms with van der Waals surface area (Å²) in [6, 6.07) is 6.56. The first-order valence-electron chi connectivity index (χ1n) is 6.33. The molecule has 0 radical (unpaired) electrons. The molecule has 1 aromatic rings. The first kappa shape index (κ1) is 12.5. The molecule has 3 heteroatoms. The smallest absolute Gasteiger partial charge is 0.263 e. The van der Waals surface area contributed by atoms with Gasteiger partial charge in [0.2, 0.25) is 0 Å². The number of rotatable bonds is 7. The van der Waals surface area contributed by atoms with Crippen LogP contribution in [0.3, 0.4) is 0 Å². The van der Waals surface area contributed by atoms with E-state index in [1.54, 1.807) is 12.1 Å². The average molecular weight is 239 g/mol. The molecule has 0 aromatic heterocycles. The van der Waals surface area contributed by atoms with Crippen LogP contribution in [-0.2, 0) is 6.54 Å². The van der Waals surface area contributed by atoms with Gasteiger partial charge in [0.05, 0.1) is 0 Å². The molecule has 0 saturated heterocycles. The molecule has 0 bridgehead atoms. The lowest BCUT2D eigenvalue weighted by Gasteiger charge is -2.05. The van der Waals surface area contributed by atoms with Crippen LogP contribution in [0.5, 0.6) is 0 Å². The van der Waals surface area contributed by atoms with E-state index in [0.29, 0.717) is 0 Å². The third kappa shape index (κ3) is 4.43. The van der Waals surface area contributed by atoms with Gasteiger partial charge in [0.1, 0.15) is 0 Å². The van der Waals surface area contributed by atoms with Crippen molar-refractivity contribution in [1.82, 2.24) is 5.32 Å². The van der Waals surface area contributed by atoms with Gasteiger partial charge >= 0.3 is 0 Å². The highest BCUT2D eigenvalue weighted by Gasteiger charge is 2.19. The van der Waals surface area contributed by atoms with Gasteiger partial charge in [0.15, 0.2) is 0 Å². The van der Waals surface area contributed by atoms with E-state index in [4.69, 9.17) is 0 Å². The Bertz CT molecular complexity index is 331. The van der Waals surface area contributed by atoms with Gasteiger partial charge in [-0.15, -0.1) is 0 Å². The molecule has 1 fully saturated rings. The fraction of sp³-hybridized carbons (Fsp3) is 0.571. The Morgan fingerprint density at radius 1 is 1.18 bits per heavy atom. The minimum absolute atomic E-state index is 0.0995. The molecule has 0 spiro atoms. The second-order valence-corrected chi connectivity index (χ2v) is 4.80. The quantitative estimate of drug-likeness (QED) is 0.711. The van der Waals surface area contributed by atoms with Crippen molar-refractivity contribution < 1.29 is 8.78 Å². The molecule has 1 N–H and O–H groups in total. The van der Waals surface area contributed by atoms with Crippen molar-refractivity contribution in [3.05, 3.63) is 35.4 Å². The summed E-state index contributed by atoms with van der Waals surface area (Å²) < 4.78 is 24.6. The monoisotopic (exact) mass is 239 g/mol. The summed E-state index contributed by atoms with van der Waals surface area (Å²) in [6.45, 7) is 1.79. The normalized spacial score (nSPS) is 15.5. The van der Waals surface area contributed by atoms with Crippen LogP contribution in [0.4, 0.5) is 8.78 Å². The Hall–Kier alpha value is -0.960. The number of alkyl halides is 2. The Kier molecular flexibility index (Phi) is 4.49. The van der Waals surface area contributed by atoms with Crippen molar-refractivity contribution in [3.8, 4) is 0 Å². The summed E-state index contributed by atoms with van der Waals surface area (Å²) in [4.78, 5) is 0. The molecule has 1 aromatic carbocycles. The summed E-state index contributed by atoms with van der Waals surface area (Å²) >= 11 is 0. The van der Waals surface area contributed by atoms with Crippen LogP contribution in [0.1, 0.15) is 43.2 Å². The van der Waals surface area contributed by atoms with Crippen molar-refractivity contribution in [1.29, 1.82) is 0 Å². The van der Waals surface area contributed by atoms with Crippen molar-refractivity contribution >= 4 is 0 Å². The highest BCUT2D eigenvalue weighted by molar-refractivity contribution is 5.23. The summed E-state index contributed by atoms with van der Waals surface area (Å²) in [5.74, 6) is 0.988. The predicted molar refractivity (Wildman–Crippen MR) is 65.1 cm³/mol. The second kappa shape index (κ2) is 6.10. The average Bonchev–Trinajstić information content (AvgIpc) is 3.13. The van der Waals surface area contributed by atoms with Crippen LogP contribution in [-0.4, -0.2) is 6.54 Å². The summed E-state index contributed by atoms with van der Waals surface area (Å²) in [5.41, 5.74) is 1.17. The lowest BCUT2D eigenvalue weighted by molar-refractivity contribution is 0.151. The predicted octanol–water partition coefficient (Wildman–Crippen LogP) is 3.90. The van der Waals surface area contributed by atoms with Crippen LogP contribution in [0.25, 0.3) is 0 Å². The fourth-order valence-electron chi connectivity index (χ4n) is 1.94. The van der Waals surface area contributed by atoms with Gasteiger partial charge in [0.25, 0.3) is 6.43 Å². The molecule has 17 heavy (non-hydrogen) atoms. The van der Waals surface area contributed by atoms with Gasteiger partial charge in [-0.25, -0.2) is 8.78 Å². The van der Waals surface area contributed by atoms with Crippen molar-refractivity contribution in [3.63, 3.8) is 0 Å². The van der Waals surface area contributed by atoms with Crippen LogP contribution in [0.2, 0.25) is 0 Å². The van der Waals surface area contributed by atoms with E-state index in [0.717, 1.165) is 24.6 Å². The number of halogens is 2. The van der Waals surface area contributed by atoms with E-state index in [2.05, 4.69) is 5.32 Å². The maximum absolute atomic E-state index is 12.3. The van der Waals surface area contributed by atoms with E-state index in [1.807, 2.05) is 0 Å². The summed E-state index contributed by atoms with van der Waals surface area (Å²) in [5, 5.41) is 3.35. The zero-order valence-corrected chi connectivity index (χ0v) is 9.96. The topological polar surface area (TPSA) is 12.0 Å². The third-order valence-corrected chi connectivity index (χ3v) is 3.22. The molecule has 0 atom stereocenters.